The summed E-state index contributed by atoms with van der Waals surface area (Å²) in [5.41, 5.74) is 2.59. The molecule has 1 heterocycles. The van der Waals surface area contributed by atoms with Crippen LogP contribution in [0.5, 0.6) is 0 Å². The van der Waals surface area contributed by atoms with Gasteiger partial charge >= 0.3 is 0 Å². The molecule has 0 aliphatic carbocycles. The average Bonchev–Trinajstić information content (AvgIpc) is 2.47. The summed E-state index contributed by atoms with van der Waals surface area (Å²) >= 11 is 0. The Morgan fingerprint density at radius 2 is 1.81 bits per heavy atom. The van der Waals surface area contributed by atoms with Crippen molar-refractivity contribution in [2.75, 3.05) is 0 Å². The van der Waals surface area contributed by atoms with Crippen LogP contribution in [0.2, 0.25) is 0 Å². The predicted molar refractivity (Wildman–Crippen MR) is 82.5 cm³/mol. The highest BCUT2D eigenvalue weighted by molar-refractivity contribution is 7.92. The van der Waals surface area contributed by atoms with Gasteiger partial charge in [0.2, 0.25) is 0 Å². The largest absolute Gasteiger partial charge is 0.256 e. The summed E-state index contributed by atoms with van der Waals surface area (Å²) in [4.78, 5) is 8.85. The Bertz CT molecular complexity index is 801. The fourth-order valence-corrected chi connectivity index (χ4v) is 2.87. The molecule has 21 heavy (non-hydrogen) atoms. The van der Waals surface area contributed by atoms with Crippen molar-refractivity contribution in [1.29, 1.82) is 0 Å². The van der Waals surface area contributed by atoms with Gasteiger partial charge in [-0.05, 0) is 38.8 Å². The fraction of sp³-hybridized carbons (Fsp3) is 0.250. The van der Waals surface area contributed by atoms with Crippen molar-refractivity contribution in [2.24, 2.45) is 0 Å². The molecular formula is C16H16N2O2S. The van der Waals surface area contributed by atoms with E-state index in [0.29, 0.717) is 22.0 Å². The molecule has 0 amide bonds. The minimum absolute atomic E-state index is 0.304. The van der Waals surface area contributed by atoms with Gasteiger partial charge in [-0.2, -0.15) is 0 Å². The lowest BCUT2D eigenvalue weighted by atomic mass is 10.1. The Kier molecular flexibility index (Phi) is 4.10. The fourth-order valence-electron chi connectivity index (χ4n) is 1.81. The van der Waals surface area contributed by atoms with Crippen molar-refractivity contribution in [3.8, 4) is 23.6 Å². The molecule has 2 aromatic rings. The number of rotatable bonds is 3. The van der Waals surface area contributed by atoms with Gasteiger partial charge in [0.05, 0.1) is 27.7 Å². The summed E-state index contributed by atoms with van der Waals surface area (Å²) < 4.78 is 24.1. The number of hydrogen-bond donors (Lipinski definition) is 0. The monoisotopic (exact) mass is 300 g/mol. The van der Waals surface area contributed by atoms with Crippen LogP contribution in [-0.4, -0.2) is 23.6 Å². The van der Waals surface area contributed by atoms with Crippen LogP contribution in [0.25, 0.3) is 11.3 Å². The van der Waals surface area contributed by atoms with Crippen LogP contribution in [-0.2, 0) is 9.84 Å². The van der Waals surface area contributed by atoms with Crippen molar-refractivity contribution < 1.29 is 8.42 Å². The molecule has 5 heteroatoms. The zero-order valence-corrected chi connectivity index (χ0v) is 13.0. The van der Waals surface area contributed by atoms with Crippen LogP contribution in [0.4, 0.5) is 0 Å². The number of terminal acetylenes is 1. The lowest BCUT2D eigenvalue weighted by Crippen LogP contribution is -2.13. The quantitative estimate of drug-likeness (QED) is 0.818. The molecule has 0 unspecified atom stereocenters. The highest BCUT2D eigenvalue weighted by Gasteiger charge is 2.18. The lowest BCUT2D eigenvalue weighted by molar-refractivity contribution is 0.587. The normalized spacial score (nSPS) is 11.4. The van der Waals surface area contributed by atoms with E-state index in [1.807, 2.05) is 0 Å². The second kappa shape index (κ2) is 5.66. The third kappa shape index (κ3) is 2.96. The van der Waals surface area contributed by atoms with E-state index in [2.05, 4.69) is 15.9 Å². The molecule has 0 N–H and O–H groups in total. The summed E-state index contributed by atoms with van der Waals surface area (Å²) in [5, 5.41) is -0.449. The predicted octanol–water partition coefficient (Wildman–Crippen LogP) is 2.62. The lowest BCUT2D eigenvalue weighted by Gasteiger charge is -2.08. The first kappa shape index (κ1) is 15.2. The average molecular weight is 300 g/mol. The minimum atomic E-state index is -3.26. The van der Waals surface area contributed by atoms with Gasteiger partial charge in [0.25, 0.3) is 0 Å². The standard InChI is InChI=1S/C16H16N2O2S/c1-5-15-12(4)17-10-16(18-15)13-6-8-14(9-7-13)21(19,20)11(2)3/h1,6-11H,2-4H3. The van der Waals surface area contributed by atoms with E-state index in [-0.39, 0.29) is 0 Å². The highest BCUT2D eigenvalue weighted by atomic mass is 32.2. The summed E-state index contributed by atoms with van der Waals surface area (Å²) in [5.74, 6) is 2.49. The van der Waals surface area contributed by atoms with E-state index in [4.69, 9.17) is 6.42 Å². The molecule has 0 radical (unpaired) electrons. The number of aryl methyl sites for hydroxylation is 1. The maximum atomic E-state index is 12.1. The highest BCUT2D eigenvalue weighted by Crippen LogP contribution is 2.22. The Balaban J connectivity index is 2.43. The SMILES string of the molecule is C#Cc1nc(-c2ccc(S(=O)(=O)C(C)C)cc2)cnc1C. The second-order valence-corrected chi connectivity index (χ2v) is 7.46. The van der Waals surface area contributed by atoms with Crippen LogP contribution >= 0.6 is 0 Å². The molecular weight excluding hydrogens is 284 g/mol. The first-order valence-corrected chi connectivity index (χ1v) is 8.05. The summed E-state index contributed by atoms with van der Waals surface area (Å²) in [6.07, 6.45) is 7.01. The molecule has 0 aliphatic heterocycles. The third-order valence-corrected chi connectivity index (χ3v) is 5.36. The molecule has 0 fully saturated rings. The van der Waals surface area contributed by atoms with E-state index in [1.165, 1.54) is 0 Å². The number of nitrogens with zero attached hydrogens (tertiary/aromatic N) is 2. The molecule has 2 rings (SSSR count). The molecule has 0 aliphatic rings. The van der Waals surface area contributed by atoms with Crippen molar-refractivity contribution in [3.63, 3.8) is 0 Å². The molecule has 0 spiro atoms. The first-order valence-electron chi connectivity index (χ1n) is 6.51. The second-order valence-electron chi connectivity index (χ2n) is 4.95. The van der Waals surface area contributed by atoms with E-state index in [1.54, 1.807) is 51.2 Å². The van der Waals surface area contributed by atoms with Crippen molar-refractivity contribution in [3.05, 3.63) is 41.9 Å². The summed E-state index contributed by atoms with van der Waals surface area (Å²) in [6.45, 7) is 5.12. The molecule has 108 valence electrons. The molecule has 4 nitrogen and oxygen atoms in total. The Labute approximate surface area is 125 Å². The topological polar surface area (TPSA) is 59.9 Å². The van der Waals surface area contributed by atoms with Crippen molar-refractivity contribution in [1.82, 2.24) is 9.97 Å². The Morgan fingerprint density at radius 1 is 1.19 bits per heavy atom. The van der Waals surface area contributed by atoms with Crippen LogP contribution in [0.1, 0.15) is 25.2 Å². The zero-order chi connectivity index (χ0) is 15.6. The zero-order valence-electron chi connectivity index (χ0n) is 12.2. The maximum Gasteiger partial charge on any atom is 0.180 e. The molecule has 1 aromatic carbocycles. The van der Waals surface area contributed by atoms with E-state index in [9.17, 15) is 8.42 Å². The van der Waals surface area contributed by atoms with Crippen molar-refractivity contribution in [2.45, 2.75) is 30.9 Å². The van der Waals surface area contributed by atoms with E-state index >= 15 is 0 Å². The molecule has 1 aromatic heterocycles. The van der Waals surface area contributed by atoms with Gasteiger partial charge in [-0.1, -0.05) is 12.1 Å². The van der Waals surface area contributed by atoms with Crippen LogP contribution < -0.4 is 0 Å². The van der Waals surface area contributed by atoms with Gasteiger partial charge in [0.1, 0.15) is 5.69 Å². The summed E-state index contributed by atoms with van der Waals surface area (Å²) in [6, 6.07) is 6.60. The number of aromatic nitrogens is 2. The molecule has 0 saturated carbocycles. The van der Waals surface area contributed by atoms with Crippen LogP contribution in [0.3, 0.4) is 0 Å². The van der Waals surface area contributed by atoms with Gasteiger partial charge in [-0.25, -0.2) is 13.4 Å². The minimum Gasteiger partial charge on any atom is -0.256 e. The first-order chi connectivity index (χ1) is 9.86. The van der Waals surface area contributed by atoms with Gasteiger partial charge in [-0.3, -0.25) is 4.98 Å². The van der Waals surface area contributed by atoms with E-state index in [0.717, 1.165) is 5.56 Å². The molecule has 0 saturated heterocycles. The van der Waals surface area contributed by atoms with Gasteiger partial charge in [-0.15, -0.1) is 6.42 Å². The number of benzene rings is 1. The summed E-state index contributed by atoms with van der Waals surface area (Å²) in [7, 11) is -3.26. The van der Waals surface area contributed by atoms with Crippen LogP contribution in [0.15, 0.2) is 35.4 Å². The number of hydrogen-bond acceptors (Lipinski definition) is 4. The van der Waals surface area contributed by atoms with Crippen molar-refractivity contribution >= 4 is 9.84 Å². The molecule has 0 bridgehead atoms. The third-order valence-electron chi connectivity index (χ3n) is 3.19. The van der Waals surface area contributed by atoms with E-state index < -0.39 is 15.1 Å². The maximum absolute atomic E-state index is 12.1. The van der Waals surface area contributed by atoms with Gasteiger partial charge in [0.15, 0.2) is 9.84 Å². The smallest absolute Gasteiger partial charge is 0.180 e. The Hall–Kier alpha value is -2.19. The molecule has 0 atom stereocenters. The Morgan fingerprint density at radius 3 is 2.33 bits per heavy atom. The van der Waals surface area contributed by atoms with Crippen LogP contribution in [0, 0.1) is 19.3 Å². The van der Waals surface area contributed by atoms with Gasteiger partial charge < -0.3 is 0 Å². The van der Waals surface area contributed by atoms with Gasteiger partial charge in [0, 0.05) is 5.56 Å². The number of sulfone groups is 1.